The lowest BCUT2D eigenvalue weighted by molar-refractivity contribution is -0.114. The minimum atomic E-state index is -0.141. The maximum absolute atomic E-state index is 13.1. The Labute approximate surface area is 181 Å². The van der Waals surface area contributed by atoms with E-state index in [1.807, 2.05) is 85.8 Å². The van der Waals surface area contributed by atoms with Crippen molar-refractivity contribution in [1.82, 2.24) is 10.3 Å². The fourth-order valence-corrected chi connectivity index (χ4v) is 3.52. The molecule has 2 amide bonds. The number of carbonyl (C=O) groups is 2. The highest BCUT2D eigenvalue weighted by molar-refractivity contribution is 6.07. The van der Waals surface area contributed by atoms with Crippen LogP contribution >= 0.6 is 0 Å². The summed E-state index contributed by atoms with van der Waals surface area (Å²) in [6.45, 7) is 3.97. The third-order valence-corrected chi connectivity index (χ3v) is 5.16. The zero-order valence-corrected chi connectivity index (χ0v) is 17.5. The third-order valence-electron chi connectivity index (χ3n) is 5.16. The van der Waals surface area contributed by atoms with Gasteiger partial charge in [0.15, 0.2) is 0 Å². The smallest absolute Gasteiger partial charge is 0.252 e. The second-order valence-electron chi connectivity index (χ2n) is 7.44. The number of hydrogen-bond acceptors (Lipinski definition) is 3. The number of aromatic nitrogens is 1. The second kappa shape index (κ2) is 8.79. The van der Waals surface area contributed by atoms with Crippen molar-refractivity contribution in [3.63, 3.8) is 0 Å². The lowest BCUT2D eigenvalue weighted by Gasteiger charge is -2.12. The summed E-state index contributed by atoms with van der Waals surface area (Å²) >= 11 is 0. The number of amides is 2. The van der Waals surface area contributed by atoms with E-state index in [9.17, 15) is 9.59 Å². The van der Waals surface area contributed by atoms with Gasteiger partial charge in [-0.2, -0.15) is 0 Å². The molecule has 0 atom stereocenters. The van der Waals surface area contributed by atoms with Gasteiger partial charge in [-0.1, -0.05) is 54.6 Å². The average Bonchev–Trinajstić information content (AvgIpc) is 2.77. The molecule has 31 heavy (non-hydrogen) atoms. The van der Waals surface area contributed by atoms with Crippen molar-refractivity contribution < 1.29 is 9.59 Å². The molecule has 4 rings (SSSR count). The van der Waals surface area contributed by atoms with Crippen LogP contribution in [0.4, 0.5) is 5.69 Å². The quantitative estimate of drug-likeness (QED) is 0.482. The van der Waals surface area contributed by atoms with Gasteiger partial charge in [0, 0.05) is 30.1 Å². The third kappa shape index (κ3) is 4.61. The van der Waals surface area contributed by atoms with Crippen LogP contribution < -0.4 is 10.6 Å². The maximum atomic E-state index is 13.1. The SMILES string of the molecule is CC(=O)Nc1ccc(-c2cc(C(=O)NCc3ccccc3C)c3ccccc3n2)cc1. The van der Waals surface area contributed by atoms with Gasteiger partial charge in [-0.25, -0.2) is 4.98 Å². The Hall–Kier alpha value is -3.99. The molecule has 4 aromatic rings. The number of fused-ring (bicyclic) bond motifs is 1. The number of nitrogens with zero attached hydrogens (tertiary/aromatic N) is 1. The fourth-order valence-electron chi connectivity index (χ4n) is 3.52. The molecule has 3 aromatic carbocycles. The highest BCUT2D eigenvalue weighted by Crippen LogP contribution is 2.26. The first kappa shape index (κ1) is 20.3. The molecule has 0 fully saturated rings. The number of para-hydroxylation sites is 1. The zero-order chi connectivity index (χ0) is 21.8. The molecule has 154 valence electrons. The highest BCUT2D eigenvalue weighted by Gasteiger charge is 2.14. The molecule has 5 nitrogen and oxygen atoms in total. The zero-order valence-electron chi connectivity index (χ0n) is 17.5. The van der Waals surface area contributed by atoms with Crippen LogP contribution in [0.25, 0.3) is 22.2 Å². The number of anilines is 1. The van der Waals surface area contributed by atoms with Gasteiger partial charge in [-0.05, 0) is 42.3 Å². The summed E-state index contributed by atoms with van der Waals surface area (Å²) < 4.78 is 0. The van der Waals surface area contributed by atoms with Gasteiger partial charge >= 0.3 is 0 Å². The predicted octanol–water partition coefficient (Wildman–Crippen LogP) is 5.10. The average molecular weight is 409 g/mol. The van der Waals surface area contributed by atoms with E-state index in [4.69, 9.17) is 4.98 Å². The molecule has 0 saturated carbocycles. The van der Waals surface area contributed by atoms with Gasteiger partial charge in [0.2, 0.25) is 5.91 Å². The molecule has 0 aliphatic carbocycles. The van der Waals surface area contributed by atoms with E-state index in [0.29, 0.717) is 23.5 Å². The molecular weight excluding hydrogens is 386 g/mol. The molecule has 0 radical (unpaired) electrons. The molecule has 0 saturated heterocycles. The molecule has 1 heterocycles. The van der Waals surface area contributed by atoms with Crippen molar-refractivity contribution in [2.24, 2.45) is 0 Å². The number of hydrogen-bond donors (Lipinski definition) is 2. The van der Waals surface area contributed by atoms with Crippen molar-refractivity contribution in [2.75, 3.05) is 5.32 Å². The standard InChI is InChI=1S/C26H23N3O2/c1-17-7-3-4-8-20(17)16-27-26(31)23-15-25(29-24-10-6-5-9-22(23)24)19-11-13-21(14-12-19)28-18(2)30/h3-15H,16H2,1-2H3,(H,27,31)(H,28,30). The summed E-state index contributed by atoms with van der Waals surface area (Å²) in [6.07, 6.45) is 0. The second-order valence-corrected chi connectivity index (χ2v) is 7.44. The Morgan fingerprint density at radius 1 is 0.903 bits per heavy atom. The molecule has 1 aromatic heterocycles. The minimum absolute atomic E-state index is 0.121. The molecule has 0 aliphatic heterocycles. The van der Waals surface area contributed by atoms with E-state index in [1.54, 1.807) is 0 Å². The van der Waals surface area contributed by atoms with Gasteiger partial charge < -0.3 is 10.6 Å². The maximum Gasteiger partial charge on any atom is 0.252 e. The van der Waals surface area contributed by atoms with Gasteiger partial charge in [0.25, 0.3) is 5.91 Å². The van der Waals surface area contributed by atoms with Crippen LogP contribution in [0.1, 0.15) is 28.4 Å². The van der Waals surface area contributed by atoms with Crippen molar-refractivity contribution in [2.45, 2.75) is 20.4 Å². The molecule has 0 unspecified atom stereocenters. The normalized spacial score (nSPS) is 10.6. The van der Waals surface area contributed by atoms with Crippen molar-refractivity contribution in [3.05, 3.63) is 95.6 Å². The summed E-state index contributed by atoms with van der Waals surface area (Å²) in [5.74, 6) is -0.262. The Morgan fingerprint density at radius 3 is 2.35 bits per heavy atom. The van der Waals surface area contributed by atoms with E-state index in [0.717, 1.165) is 27.6 Å². The Bertz CT molecular complexity index is 1260. The molecule has 5 heteroatoms. The molecule has 2 N–H and O–H groups in total. The first-order chi connectivity index (χ1) is 15.0. The van der Waals surface area contributed by atoms with E-state index < -0.39 is 0 Å². The Morgan fingerprint density at radius 2 is 1.61 bits per heavy atom. The fraction of sp³-hybridized carbons (Fsp3) is 0.115. The van der Waals surface area contributed by atoms with Crippen molar-refractivity contribution in [3.8, 4) is 11.3 Å². The molecule has 0 spiro atoms. The Balaban J connectivity index is 1.67. The predicted molar refractivity (Wildman–Crippen MR) is 124 cm³/mol. The number of pyridine rings is 1. The first-order valence-electron chi connectivity index (χ1n) is 10.1. The van der Waals surface area contributed by atoms with E-state index in [1.165, 1.54) is 6.92 Å². The van der Waals surface area contributed by atoms with E-state index in [-0.39, 0.29) is 11.8 Å². The molecular formula is C26H23N3O2. The van der Waals surface area contributed by atoms with Crippen LogP contribution in [0.5, 0.6) is 0 Å². The van der Waals surface area contributed by atoms with Crippen molar-refractivity contribution in [1.29, 1.82) is 0 Å². The van der Waals surface area contributed by atoms with Crippen LogP contribution in [0.3, 0.4) is 0 Å². The number of carbonyl (C=O) groups excluding carboxylic acids is 2. The van der Waals surface area contributed by atoms with Gasteiger partial charge in [0.1, 0.15) is 0 Å². The summed E-state index contributed by atoms with van der Waals surface area (Å²) in [5, 5.41) is 6.61. The summed E-state index contributed by atoms with van der Waals surface area (Å²) in [4.78, 5) is 29.1. The summed E-state index contributed by atoms with van der Waals surface area (Å²) in [7, 11) is 0. The number of nitrogens with one attached hydrogen (secondary N) is 2. The van der Waals surface area contributed by atoms with Gasteiger partial charge in [-0.15, -0.1) is 0 Å². The van der Waals surface area contributed by atoms with E-state index >= 15 is 0 Å². The lowest BCUT2D eigenvalue weighted by atomic mass is 10.0. The lowest BCUT2D eigenvalue weighted by Crippen LogP contribution is -2.23. The number of aryl methyl sites for hydroxylation is 1. The topological polar surface area (TPSA) is 71.1 Å². The van der Waals surface area contributed by atoms with Crippen LogP contribution in [0.15, 0.2) is 78.9 Å². The highest BCUT2D eigenvalue weighted by atomic mass is 16.2. The van der Waals surface area contributed by atoms with Gasteiger partial charge in [-0.3, -0.25) is 9.59 Å². The van der Waals surface area contributed by atoms with E-state index in [2.05, 4.69) is 10.6 Å². The minimum Gasteiger partial charge on any atom is -0.348 e. The van der Waals surface area contributed by atoms with Crippen LogP contribution in [-0.2, 0) is 11.3 Å². The van der Waals surface area contributed by atoms with Gasteiger partial charge in [0.05, 0.1) is 16.8 Å². The Kier molecular flexibility index (Phi) is 5.76. The van der Waals surface area contributed by atoms with Crippen molar-refractivity contribution >= 4 is 28.4 Å². The number of benzene rings is 3. The summed E-state index contributed by atoms with van der Waals surface area (Å²) in [5.41, 5.74) is 5.85. The number of rotatable bonds is 5. The van der Waals surface area contributed by atoms with Crippen LogP contribution in [0.2, 0.25) is 0 Å². The first-order valence-corrected chi connectivity index (χ1v) is 10.1. The van der Waals surface area contributed by atoms with Crippen LogP contribution in [-0.4, -0.2) is 16.8 Å². The summed E-state index contributed by atoms with van der Waals surface area (Å²) in [6, 6.07) is 24.9. The van der Waals surface area contributed by atoms with Crippen LogP contribution in [0, 0.1) is 6.92 Å². The molecule has 0 aliphatic rings. The molecule has 0 bridgehead atoms. The largest absolute Gasteiger partial charge is 0.348 e. The monoisotopic (exact) mass is 409 g/mol.